The van der Waals surface area contributed by atoms with Gasteiger partial charge in [0.15, 0.2) is 0 Å². The zero-order chi connectivity index (χ0) is 22.6. The van der Waals surface area contributed by atoms with Crippen LogP contribution in [0.1, 0.15) is 87.1 Å². The Kier molecular flexibility index (Phi) is 5.86. The molecule has 168 valence electrons. The molecule has 0 radical (unpaired) electrons. The molecule has 2 aromatic carbocycles. The Labute approximate surface area is 195 Å². The Balaban J connectivity index is 1.59. The van der Waals surface area contributed by atoms with Crippen LogP contribution in [0, 0.1) is 0 Å². The summed E-state index contributed by atoms with van der Waals surface area (Å²) < 4.78 is 0. The van der Waals surface area contributed by atoms with Crippen molar-refractivity contribution in [2.75, 3.05) is 19.6 Å². The number of benzene rings is 2. The van der Waals surface area contributed by atoms with Crippen molar-refractivity contribution in [2.45, 2.75) is 83.1 Å². The fraction of sp³-hybridized carbons (Fsp3) is 0.571. The maximum absolute atomic E-state index is 4.67. The Morgan fingerprint density at radius 3 is 2.39 bits per heavy atom. The quantitative estimate of drug-likeness (QED) is 0.561. The van der Waals surface area contributed by atoms with E-state index in [1.54, 1.807) is 0 Å². The van der Waals surface area contributed by atoms with E-state index in [9.17, 15) is 0 Å². The zero-order valence-electron chi connectivity index (χ0n) is 20.5. The van der Waals surface area contributed by atoms with Gasteiger partial charge in [0.05, 0.1) is 0 Å². The lowest BCUT2D eigenvalue weighted by Crippen LogP contribution is -2.47. The average molecular weight is 437 g/mol. The molecule has 0 saturated heterocycles. The number of rotatable bonds is 4. The van der Waals surface area contributed by atoms with E-state index in [4.69, 9.17) is 0 Å². The molecular formula is C28H40N2S. The second kappa shape index (κ2) is 7.93. The van der Waals surface area contributed by atoms with E-state index in [0.717, 1.165) is 32.7 Å². The van der Waals surface area contributed by atoms with Gasteiger partial charge in [0.1, 0.15) is 0 Å². The van der Waals surface area contributed by atoms with Gasteiger partial charge in [-0.2, -0.15) is 12.6 Å². The summed E-state index contributed by atoms with van der Waals surface area (Å²) in [4.78, 5) is 2.66. The van der Waals surface area contributed by atoms with Crippen LogP contribution in [0.25, 0.3) is 0 Å². The molecule has 4 rings (SSSR count). The summed E-state index contributed by atoms with van der Waals surface area (Å²) in [6.45, 7) is 21.7. The van der Waals surface area contributed by atoms with Crippen LogP contribution < -0.4 is 5.32 Å². The van der Waals surface area contributed by atoms with Crippen molar-refractivity contribution in [2.24, 2.45) is 0 Å². The lowest BCUT2D eigenvalue weighted by molar-refractivity contribution is 0.161. The molecule has 0 aromatic heterocycles. The topological polar surface area (TPSA) is 15.3 Å². The van der Waals surface area contributed by atoms with Gasteiger partial charge >= 0.3 is 0 Å². The largest absolute Gasteiger partial charge is 0.312 e. The second-order valence-electron chi connectivity index (χ2n) is 11.9. The van der Waals surface area contributed by atoms with Gasteiger partial charge in [-0.15, -0.1) is 0 Å². The number of hydrogen-bond acceptors (Lipinski definition) is 3. The van der Waals surface area contributed by atoms with Gasteiger partial charge in [-0.05, 0) is 40.3 Å². The first-order valence-electron chi connectivity index (χ1n) is 11.8. The molecule has 2 aliphatic rings. The third-order valence-corrected chi connectivity index (χ3v) is 7.77. The van der Waals surface area contributed by atoms with Gasteiger partial charge in [-0.3, -0.25) is 4.90 Å². The minimum atomic E-state index is 0.0959. The van der Waals surface area contributed by atoms with Gasteiger partial charge < -0.3 is 5.32 Å². The van der Waals surface area contributed by atoms with Gasteiger partial charge in [0.2, 0.25) is 0 Å². The number of fused-ring (bicyclic) bond motifs is 2. The Bertz CT molecular complexity index is 971. The van der Waals surface area contributed by atoms with Crippen molar-refractivity contribution < 1.29 is 0 Å². The van der Waals surface area contributed by atoms with Crippen molar-refractivity contribution in [1.82, 2.24) is 10.2 Å². The Hall–Kier alpha value is -1.29. The van der Waals surface area contributed by atoms with Gasteiger partial charge in [-0.25, -0.2) is 0 Å². The van der Waals surface area contributed by atoms with E-state index >= 15 is 0 Å². The number of nitrogens with zero attached hydrogens (tertiary/aromatic N) is 1. The first-order valence-corrected chi connectivity index (χ1v) is 12.3. The van der Waals surface area contributed by atoms with E-state index in [1.807, 2.05) is 0 Å². The van der Waals surface area contributed by atoms with Crippen molar-refractivity contribution in [3.8, 4) is 0 Å². The van der Waals surface area contributed by atoms with Crippen molar-refractivity contribution in [1.29, 1.82) is 0 Å². The van der Waals surface area contributed by atoms with Gasteiger partial charge in [0, 0.05) is 54.2 Å². The summed E-state index contributed by atoms with van der Waals surface area (Å²) in [6.07, 6.45) is 0. The fourth-order valence-corrected chi connectivity index (χ4v) is 5.95. The Morgan fingerprint density at radius 2 is 1.68 bits per heavy atom. The van der Waals surface area contributed by atoms with Crippen LogP contribution in [0.4, 0.5) is 0 Å². The molecule has 1 N–H and O–H groups in total. The molecule has 0 bridgehead atoms. The minimum absolute atomic E-state index is 0.0959. The van der Waals surface area contributed by atoms with Crippen LogP contribution in [0.3, 0.4) is 0 Å². The molecule has 31 heavy (non-hydrogen) atoms. The highest BCUT2D eigenvalue weighted by Gasteiger charge is 2.35. The molecule has 2 aliphatic heterocycles. The van der Waals surface area contributed by atoms with E-state index in [2.05, 4.69) is 108 Å². The van der Waals surface area contributed by atoms with Gasteiger partial charge in [-0.1, -0.05) is 77.9 Å². The molecule has 0 aliphatic carbocycles. The lowest BCUT2D eigenvalue weighted by atomic mass is 9.74. The van der Waals surface area contributed by atoms with E-state index in [1.165, 1.54) is 33.4 Å². The highest BCUT2D eigenvalue weighted by molar-refractivity contribution is 7.80. The maximum atomic E-state index is 4.67. The summed E-state index contributed by atoms with van der Waals surface area (Å²) in [7, 11) is 0. The molecule has 3 heteroatoms. The van der Waals surface area contributed by atoms with Crippen LogP contribution in [0.2, 0.25) is 0 Å². The van der Waals surface area contributed by atoms with E-state index < -0.39 is 0 Å². The molecule has 2 heterocycles. The zero-order valence-corrected chi connectivity index (χ0v) is 21.4. The lowest BCUT2D eigenvalue weighted by Gasteiger charge is -2.43. The smallest absolute Gasteiger partial charge is 0.0238 e. The summed E-state index contributed by atoms with van der Waals surface area (Å²) in [6, 6.07) is 14.2. The number of nitrogens with one attached hydrogen (secondary N) is 1. The van der Waals surface area contributed by atoms with Crippen LogP contribution in [0.5, 0.6) is 0 Å². The predicted molar refractivity (Wildman–Crippen MR) is 136 cm³/mol. The first kappa shape index (κ1) is 22.9. The predicted octanol–water partition coefficient (Wildman–Crippen LogP) is 6.13. The third kappa shape index (κ3) is 4.47. The molecule has 2 aromatic rings. The summed E-state index contributed by atoms with van der Waals surface area (Å²) >= 11 is 4.67. The minimum Gasteiger partial charge on any atom is -0.312 e. The summed E-state index contributed by atoms with van der Waals surface area (Å²) in [5.41, 5.74) is 9.19. The number of hydrogen-bond donors (Lipinski definition) is 2. The summed E-state index contributed by atoms with van der Waals surface area (Å²) in [5.74, 6) is 0. The third-order valence-electron chi connectivity index (χ3n) is 7.47. The van der Waals surface area contributed by atoms with Crippen molar-refractivity contribution in [3.05, 3.63) is 69.8 Å². The second-order valence-corrected chi connectivity index (χ2v) is 12.6. The molecule has 1 atom stereocenters. The monoisotopic (exact) mass is 436 g/mol. The molecule has 1 unspecified atom stereocenters. The van der Waals surface area contributed by atoms with Gasteiger partial charge in [0.25, 0.3) is 0 Å². The number of thiol groups is 1. The highest BCUT2D eigenvalue weighted by atomic mass is 32.1. The van der Waals surface area contributed by atoms with Crippen LogP contribution in [0.15, 0.2) is 36.4 Å². The molecule has 0 saturated carbocycles. The molecule has 2 nitrogen and oxygen atoms in total. The average Bonchev–Trinajstić information content (AvgIpc) is 2.66. The summed E-state index contributed by atoms with van der Waals surface area (Å²) in [5, 5.41) is 3.88. The van der Waals surface area contributed by atoms with Crippen LogP contribution >= 0.6 is 12.6 Å². The molecular weight excluding hydrogens is 396 g/mol. The van der Waals surface area contributed by atoms with E-state index in [0.29, 0.717) is 0 Å². The van der Waals surface area contributed by atoms with Crippen molar-refractivity contribution >= 4 is 12.6 Å². The SMILES string of the molecule is CC(S)c1ccc2c(c1)CN(CC(C)(C)c1ccc3c(c1)CNCC3(C)C)CC2(C)C. The maximum Gasteiger partial charge on any atom is 0.0238 e. The molecule has 0 spiro atoms. The van der Waals surface area contributed by atoms with Crippen LogP contribution in [-0.4, -0.2) is 24.5 Å². The standard InChI is InChI=1S/C28H40N2S/c1-19(31)20-8-10-25-22(12-20)15-30(18-28(25,6)7)17-27(4,5)23-9-11-24-21(13-23)14-29-16-26(24,2)3/h8-13,19,29,31H,14-18H2,1-7H3. The van der Waals surface area contributed by atoms with E-state index in [-0.39, 0.29) is 21.5 Å². The Morgan fingerprint density at radius 1 is 1.00 bits per heavy atom. The van der Waals surface area contributed by atoms with Crippen LogP contribution in [-0.2, 0) is 29.3 Å². The normalized spacial score (nSPS) is 21.3. The fourth-order valence-electron chi connectivity index (χ4n) is 5.79. The first-order chi connectivity index (χ1) is 14.4. The molecule has 0 fully saturated rings. The highest BCUT2D eigenvalue weighted by Crippen LogP contribution is 2.38. The molecule has 0 amide bonds. The van der Waals surface area contributed by atoms with Crippen molar-refractivity contribution in [3.63, 3.8) is 0 Å².